The average molecular weight is 255 g/mol. The molecule has 0 aliphatic heterocycles. The summed E-state index contributed by atoms with van der Waals surface area (Å²) in [5.74, 6) is -0.293. The van der Waals surface area contributed by atoms with Crippen molar-refractivity contribution in [1.82, 2.24) is 4.98 Å². The molecule has 0 N–H and O–H groups in total. The van der Waals surface area contributed by atoms with Gasteiger partial charge in [-0.2, -0.15) is 0 Å². The molecule has 3 heteroatoms. The van der Waals surface area contributed by atoms with E-state index >= 15 is 0 Å². The molecule has 0 saturated heterocycles. The molecule has 0 fully saturated rings. The molecule has 0 unspecified atom stereocenters. The van der Waals surface area contributed by atoms with Crippen molar-refractivity contribution in [2.45, 2.75) is 26.9 Å². The van der Waals surface area contributed by atoms with Crippen LogP contribution in [0.1, 0.15) is 34.0 Å². The van der Waals surface area contributed by atoms with E-state index in [4.69, 9.17) is 4.74 Å². The minimum atomic E-state index is -0.293. The van der Waals surface area contributed by atoms with Gasteiger partial charge in [-0.3, -0.25) is 4.98 Å². The van der Waals surface area contributed by atoms with Gasteiger partial charge in [0.05, 0.1) is 5.56 Å². The Labute approximate surface area is 113 Å². The number of aromatic nitrogens is 1. The monoisotopic (exact) mass is 255 g/mol. The molecule has 19 heavy (non-hydrogen) atoms. The molecule has 0 aliphatic rings. The fourth-order valence-electron chi connectivity index (χ4n) is 1.90. The molecule has 3 nitrogen and oxygen atoms in total. The van der Waals surface area contributed by atoms with E-state index < -0.39 is 0 Å². The van der Waals surface area contributed by atoms with Crippen LogP contribution in [0, 0.1) is 6.92 Å². The van der Waals surface area contributed by atoms with Gasteiger partial charge < -0.3 is 4.74 Å². The van der Waals surface area contributed by atoms with Crippen molar-refractivity contribution in [3.63, 3.8) is 0 Å². The molecule has 0 saturated carbocycles. The van der Waals surface area contributed by atoms with Crippen molar-refractivity contribution in [1.29, 1.82) is 0 Å². The van der Waals surface area contributed by atoms with Crippen LogP contribution in [-0.4, -0.2) is 11.0 Å². The molecule has 2 aromatic rings. The maximum absolute atomic E-state index is 12.0. The number of benzene rings is 1. The number of hydrogen-bond acceptors (Lipinski definition) is 3. The fraction of sp³-hybridized carbons (Fsp3) is 0.250. The lowest BCUT2D eigenvalue weighted by molar-refractivity contribution is 0.0472. The first-order chi connectivity index (χ1) is 9.20. The topological polar surface area (TPSA) is 39.2 Å². The Hall–Kier alpha value is -2.16. The predicted molar refractivity (Wildman–Crippen MR) is 73.9 cm³/mol. The molecule has 0 amide bonds. The fourth-order valence-corrected chi connectivity index (χ4v) is 1.90. The third-order valence-electron chi connectivity index (χ3n) is 3.06. The Morgan fingerprint density at radius 3 is 2.84 bits per heavy atom. The summed E-state index contributed by atoms with van der Waals surface area (Å²) in [5, 5.41) is 0. The summed E-state index contributed by atoms with van der Waals surface area (Å²) in [7, 11) is 0. The predicted octanol–water partition coefficient (Wildman–Crippen LogP) is 3.31. The zero-order valence-corrected chi connectivity index (χ0v) is 11.2. The van der Waals surface area contributed by atoms with E-state index in [9.17, 15) is 4.79 Å². The molecule has 2 rings (SSSR count). The molecule has 0 radical (unpaired) electrons. The van der Waals surface area contributed by atoms with Crippen molar-refractivity contribution in [2.75, 3.05) is 0 Å². The Balaban J connectivity index is 2.04. The van der Waals surface area contributed by atoms with Crippen molar-refractivity contribution in [3.05, 3.63) is 65.0 Å². The SMILES string of the molecule is CCc1cc(C(=O)OCc2cccnc2)ccc1C. The lowest BCUT2D eigenvalue weighted by atomic mass is 10.0. The van der Waals surface area contributed by atoms with Crippen molar-refractivity contribution >= 4 is 5.97 Å². The summed E-state index contributed by atoms with van der Waals surface area (Å²) in [5.41, 5.74) is 3.87. The van der Waals surface area contributed by atoms with Gasteiger partial charge in [0, 0.05) is 18.0 Å². The zero-order valence-electron chi connectivity index (χ0n) is 11.2. The first-order valence-electron chi connectivity index (χ1n) is 6.36. The largest absolute Gasteiger partial charge is 0.457 e. The summed E-state index contributed by atoms with van der Waals surface area (Å²) in [6.07, 6.45) is 4.30. The number of esters is 1. The van der Waals surface area contributed by atoms with Gasteiger partial charge in [0.15, 0.2) is 0 Å². The minimum absolute atomic E-state index is 0.252. The lowest BCUT2D eigenvalue weighted by Gasteiger charge is -2.07. The quantitative estimate of drug-likeness (QED) is 0.787. The van der Waals surface area contributed by atoms with Crippen LogP contribution < -0.4 is 0 Å². The van der Waals surface area contributed by atoms with Gasteiger partial charge in [-0.25, -0.2) is 4.79 Å². The second-order valence-electron chi connectivity index (χ2n) is 4.43. The summed E-state index contributed by atoms with van der Waals surface area (Å²) in [6, 6.07) is 9.37. The minimum Gasteiger partial charge on any atom is -0.457 e. The second kappa shape index (κ2) is 6.14. The van der Waals surface area contributed by atoms with Gasteiger partial charge >= 0.3 is 5.97 Å². The molecule has 0 atom stereocenters. The van der Waals surface area contributed by atoms with Crippen LogP contribution in [0.5, 0.6) is 0 Å². The van der Waals surface area contributed by atoms with Gasteiger partial charge in [0.25, 0.3) is 0 Å². The highest BCUT2D eigenvalue weighted by Crippen LogP contribution is 2.13. The first-order valence-corrected chi connectivity index (χ1v) is 6.36. The van der Waals surface area contributed by atoms with Crippen LogP contribution in [0.4, 0.5) is 0 Å². The maximum Gasteiger partial charge on any atom is 0.338 e. The lowest BCUT2D eigenvalue weighted by Crippen LogP contribution is -2.06. The highest BCUT2D eigenvalue weighted by Gasteiger charge is 2.09. The van der Waals surface area contributed by atoms with Gasteiger partial charge in [-0.05, 0) is 42.7 Å². The van der Waals surface area contributed by atoms with E-state index in [1.54, 1.807) is 18.5 Å². The molecule has 1 aromatic heterocycles. The molecule has 1 heterocycles. The van der Waals surface area contributed by atoms with Crippen LogP contribution in [0.15, 0.2) is 42.7 Å². The normalized spacial score (nSPS) is 10.2. The maximum atomic E-state index is 12.0. The van der Waals surface area contributed by atoms with Gasteiger partial charge in [-0.1, -0.05) is 19.1 Å². The van der Waals surface area contributed by atoms with Crippen LogP contribution in [-0.2, 0) is 17.8 Å². The Kier molecular flexibility index (Phi) is 4.29. The Morgan fingerprint density at radius 1 is 1.32 bits per heavy atom. The van der Waals surface area contributed by atoms with E-state index in [1.165, 1.54) is 11.1 Å². The number of nitrogens with zero attached hydrogens (tertiary/aromatic N) is 1. The number of hydrogen-bond donors (Lipinski definition) is 0. The molecule has 98 valence electrons. The second-order valence-corrected chi connectivity index (χ2v) is 4.43. The molecule has 0 bridgehead atoms. The summed E-state index contributed by atoms with van der Waals surface area (Å²) in [4.78, 5) is 15.9. The van der Waals surface area contributed by atoms with Crippen LogP contribution in [0.3, 0.4) is 0 Å². The number of carbonyl (C=O) groups excluding carboxylic acids is 1. The molecular formula is C16H17NO2. The third kappa shape index (κ3) is 3.41. The first kappa shape index (κ1) is 13.3. The highest BCUT2D eigenvalue weighted by molar-refractivity contribution is 5.89. The number of rotatable bonds is 4. The van der Waals surface area contributed by atoms with E-state index in [0.717, 1.165) is 12.0 Å². The van der Waals surface area contributed by atoms with E-state index in [0.29, 0.717) is 5.56 Å². The van der Waals surface area contributed by atoms with Crippen molar-refractivity contribution in [2.24, 2.45) is 0 Å². The number of aryl methyl sites for hydroxylation is 2. The number of pyridine rings is 1. The average Bonchev–Trinajstić information content (AvgIpc) is 2.46. The van der Waals surface area contributed by atoms with E-state index in [1.807, 2.05) is 31.2 Å². The Bertz CT molecular complexity index is 564. The molecule has 1 aromatic carbocycles. The molecular weight excluding hydrogens is 238 g/mol. The zero-order chi connectivity index (χ0) is 13.7. The molecule has 0 aliphatic carbocycles. The number of carbonyl (C=O) groups is 1. The molecule has 0 spiro atoms. The summed E-state index contributed by atoms with van der Waals surface area (Å²) < 4.78 is 5.27. The summed E-state index contributed by atoms with van der Waals surface area (Å²) >= 11 is 0. The van der Waals surface area contributed by atoms with E-state index in [-0.39, 0.29) is 12.6 Å². The Morgan fingerprint density at radius 2 is 2.16 bits per heavy atom. The highest BCUT2D eigenvalue weighted by atomic mass is 16.5. The van der Waals surface area contributed by atoms with E-state index in [2.05, 4.69) is 11.9 Å². The van der Waals surface area contributed by atoms with Crippen LogP contribution in [0.25, 0.3) is 0 Å². The third-order valence-corrected chi connectivity index (χ3v) is 3.06. The van der Waals surface area contributed by atoms with Crippen molar-refractivity contribution < 1.29 is 9.53 Å². The smallest absolute Gasteiger partial charge is 0.338 e. The number of ether oxygens (including phenoxy) is 1. The standard InChI is InChI=1S/C16H17NO2/c1-3-14-9-15(7-6-12(14)2)16(18)19-11-13-5-4-8-17-10-13/h4-10H,3,11H2,1-2H3. The van der Waals surface area contributed by atoms with Gasteiger partial charge in [0.2, 0.25) is 0 Å². The van der Waals surface area contributed by atoms with Crippen molar-refractivity contribution in [3.8, 4) is 0 Å². The van der Waals surface area contributed by atoms with Gasteiger partial charge in [0.1, 0.15) is 6.61 Å². The van der Waals surface area contributed by atoms with Crippen LogP contribution in [0.2, 0.25) is 0 Å². The van der Waals surface area contributed by atoms with Gasteiger partial charge in [-0.15, -0.1) is 0 Å². The van der Waals surface area contributed by atoms with Crippen LogP contribution >= 0.6 is 0 Å². The summed E-state index contributed by atoms with van der Waals surface area (Å²) in [6.45, 7) is 4.37.